The molecule has 0 spiro atoms. The maximum Gasteiger partial charge on any atom is 0.258 e. The molecule has 168 valence electrons. The predicted octanol–water partition coefficient (Wildman–Crippen LogP) is 3.60. The second-order valence-electron chi connectivity index (χ2n) is 8.38. The monoisotopic (exact) mass is 432 g/mol. The largest absolute Gasteiger partial charge is 0.484 e. The summed E-state index contributed by atoms with van der Waals surface area (Å²) in [5.74, 6) is 1.57. The minimum absolute atomic E-state index is 0.0535. The van der Waals surface area contributed by atoms with Crippen LogP contribution in [0, 0.1) is 0 Å². The van der Waals surface area contributed by atoms with E-state index in [1.165, 1.54) is 11.1 Å². The summed E-state index contributed by atoms with van der Waals surface area (Å²) in [7, 11) is 1.83. The number of guanidine groups is 1. The molecule has 1 saturated carbocycles. The molecule has 2 aliphatic rings. The van der Waals surface area contributed by atoms with Gasteiger partial charge in [0.1, 0.15) is 5.75 Å². The van der Waals surface area contributed by atoms with Crippen LogP contribution >= 0.6 is 0 Å². The van der Waals surface area contributed by atoms with Crippen LogP contribution in [-0.4, -0.2) is 49.6 Å². The maximum atomic E-state index is 11.8. The standard InChI is InChI=1S/C26H32N4O2/c1-27-26(30-14-12-21(13-15-30)16-20-6-3-2-4-7-20)28-18-22-8-5-9-24(17-22)32-19-25(31)29-23-10-11-23/h2-9,16-17,23H,10-15,18-19H2,1H3,(H,27,28)(H,29,31). The lowest BCUT2D eigenvalue weighted by molar-refractivity contribution is -0.123. The molecule has 1 saturated heterocycles. The Kier molecular flexibility index (Phi) is 7.43. The van der Waals surface area contributed by atoms with Crippen LogP contribution in [0.3, 0.4) is 0 Å². The van der Waals surface area contributed by atoms with Crippen LogP contribution in [0.4, 0.5) is 0 Å². The number of rotatable bonds is 7. The van der Waals surface area contributed by atoms with Gasteiger partial charge in [-0.2, -0.15) is 0 Å². The van der Waals surface area contributed by atoms with Gasteiger partial charge in [0.15, 0.2) is 12.6 Å². The topological polar surface area (TPSA) is 66.0 Å². The van der Waals surface area contributed by atoms with Crippen LogP contribution in [0.5, 0.6) is 5.75 Å². The molecule has 4 rings (SSSR count). The Morgan fingerprint density at radius 1 is 1.12 bits per heavy atom. The normalized spacial score (nSPS) is 16.5. The molecule has 1 aliphatic carbocycles. The molecule has 2 aromatic carbocycles. The lowest BCUT2D eigenvalue weighted by Crippen LogP contribution is -2.44. The first-order valence-electron chi connectivity index (χ1n) is 11.4. The third-order valence-corrected chi connectivity index (χ3v) is 5.75. The molecule has 0 atom stereocenters. The van der Waals surface area contributed by atoms with Crippen molar-refractivity contribution in [1.82, 2.24) is 15.5 Å². The van der Waals surface area contributed by atoms with Crippen molar-refractivity contribution in [3.05, 3.63) is 71.3 Å². The van der Waals surface area contributed by atoms with Gasteiger partial charge in [-0.15, -0.1) is 0 Å². The summed E-state index contributed by atoms with van der Waals surface area (Å²) in [4.78, 5) is 18.6. The summed E-state index contributed by atoms with van der Waals surface area (Å²) < 4.78 is 5.66. The number of ether oxygens (including phenoxy) is 1. The summed E-state index contributed by atoms with van der Waals surface area (Å²) in [6.07, 6.45) is 6.55. The van der Waals surface area contributed by atoms with Crippen molar-refractivity contribution in [2.45, 2.75) is 38.3 Å². The van der Waals surface area contributed by atoms with Crippen LogP contribution in [0.1, 0.15) is 36.8 Å². The fourth-order valence-corrected chi connectivity index (χ4v) is 3.84. The number of benzene rings is 2. The summed E-state index contributed by atoms with van der Waals surface area (Å²) in [6, 6.07) is 18.7. The van der Waals surface area contributed by atoms with Crippen LogP contribution in [0.15, 0.2) is 65.2 Å². The van der Waals surface area contributed by atoms with Crippen molar-refractivity contribution in [1.29, 1.82) is 0 Å². The number of piperidine rings is 1. The van der Waals surface area contributed by atoms with Gasteiger partial charge in [-0.25, -0.2) is 0 Å². The van der Waals surface area contributed by atoms with E-state index in [1.807, 2.05) is 37.4 Å². The first kappa shape index (κ1) is 21.9. The molecule has 32 heavy (non-hydrogen) atoms. The van der Waals surface area contributed by atoms with Crippen molar-refractivity contribution in [3.8, 4) is 5.75 Å². The molecular formula is C26H32N4O2. The van der Waals surface area contributed by atoms with E-state index in [0.717, 1.165) is 50.3 Å². The van der Waals surface area contributed by atoms with E-state index < -0.39 is 0 Å². The van der Waals surface area contributed by atoms with Crippen LogP contribution in [-0.2, 0) is 11.3 Å². The van der Waals surface area contributed by atoms with Gasteiger partial charge in [-0.3, -0.25) is 9.79 Å². The number of amides is 1. The van der Waals surface area contributed by atoms with Crippen molar-refractivity contribution in [2.75, 3.05) is 26.7 Å². The Hall–Kier alpha value is -3.28. The fraction of sp³-hybridized carbons (Fsp3) is 0.385. The second-order valence-corrected chi connectivity index (χ2v) is 8.38. The first-order chi connectivity index (χ1) is 15.7. The average Bonchev–Trinajstić information content (AvgIpc) is 3.64. The highest BCUT2D eigenvalue weighted by molar-refractivity contribution is 5.80. The third-order valence-electron chi connectivity index (χ3n) is 5.75. The Morgan fingerprint density at radius 3 is 2.62 bits per heavy atom. The quantitative estimate of drug-likeness (QED) is 0.518. The molecule has 0 bridgehead atoms. The van der Waals surface area contributed by atoms with Gasteiger partial charge < -0.3 is 20.3 Å². The molecule has 6 nitrogen and oxygen atoms in total. The van der Waals surface area contributed by atoms with E-state index in [1.54, 1.807) is 0 Å². The molecule has 1 heterocycles. The number of aliphatic imine (C=N–C) groups is 1. The molecule has 2 N–H and O–H groups in total. The van der Waals surface area contributed by atoms with Gasteiger partial charge in [0, 0.05) is 32.7 Å². The van der Waals surface area contributed by atoms with Crippen molar-refractivity contribution >= 4 is 17.9 Å². The Morgan fingerprint density at radius 2 is 1.91 bits per heavy atom. The highest BCUT2D eigenvalue weighted by Gasteiger charge is 2.23. The lowest BCUT2D eigenvalue weighted by Gasteiger charge is -2.31. The van der Waals surface area contributed by atoms with Crippen LogP contribution < -0.4 is 15.4 Å². The van der Waals surface area contributed by atoms with E-state index >= 15 is 0 Å². The number of nitrogens with zero attached hydrogens (tertiary/aromatic N) is 2. The summed E-state index contributed by atoms with van der Waals surface area (Å²) in [6.45, 7) is 2.62. The molecule has 1 amide bonds. The van der Waals surface area contributed by atoms with Gasteiger partial charge in [0.2, 0.25) is 0 Å². The highest BCUT2D eigenvalue weighted by atomic mass is 16.5. The molecular weight excluding hydrogens is 400 g/mol. The number of carbonyl (C=O) groups excluding carboxylic acids is 1. The van der Waals surface area contributed by atoms with E-state index in [0.29, 0.717) is 18.3 Å². The highest BCUT2D eigenvalue weighted by Crippen LogP contribution is 2.20. The fourth-order valence-electron chi connectivity index (χ4n) is 3.84. The minimum Gasteiger partial charge on any atom is -0.484 e. The van der Waals surface area contributed by atoms with Crippen LogP contribution in [0.25, 0.3) is 6.08 Å². The molecule has 0 unspecified atom stereocenters. The molecule has 0 aromatic heterocycles. The number of hydrogen-bond donors (Lipinski definition) is 2. The van der Waals surface area contributed by atoms with Crippen molar-refractivity contribution in [3.63, 3.8) is 0 Å². The van der Waals surface area contributed by atoms with Gasteiger partial charge in [-0.1, -0.05) is 54.1 Å². The molecule has 1 aliphatic heterocycles. The van der Waals surface area contributed by atoms with E-state index in [4.69, 9.17) is 4.74 Å². The Labute approximate surface area is 190 Å². The smallest absolute Gasteiger partial charge is 0.258 e. The maximum absolute atomic E-state index is 11.8. The zero-order valence-electron chi connectivity index (χ0n) is 18.7. The number of nitrogens with one attached hydrogen (secondary N) is 2. The Bertz CT molecular complexity index is 957. The third kappa shape index (κ3) is 6.61. The Balaban J connectivity index is 1.25. The van der Waals surface area contributed by atoms with Gasteiger partial charge in [0.05, 0.1) is 0 Å². The minimum atomic E-state index is -0.0535. The molecule has 2 fully saturated rings. The molecule has 2 aromatic rings. The van der Waals surface area contributed by atoms with E-state index in [9.17, 15) is 4.79 Å². The predicted molar refractivity (Wildman–Crippen MR) is 129 cm³/mol. The van der Waals surface area contributed by atoms with E-state index in [2.05, 4.69) is 50.9 Å². The zero-order chi connectivity index (χ0) is 22.2. The number of carbonyl (C=O) groups is 1. The number of likely N-dealkylation sites (tertiary alicyclic amines) is 1. The molecule has 0 radical (unpaired) electrons. The SMILES string of the molecule is CN=C(NCc1cccc(OCC(=O)NC2CC2)c1)N1CCC(=Cc2ccccc2)CC1. The summed E-state index contributed by atoms with van der Waals surface area (Å²) in [5.41, 5.74) is 3.84. The zero-order valence-corrected chi connectivity index (χ0v) is 18.7. The van der Waals surface area contributed by atoms with Gasteiger partial charge >= 0.3 is 0 Å². The summed E-state index contributed by atoms with van der Waals surface area (Å²) >= 11 is 0. The van der Waals surface area contributed by atoms with Gasteiger partial charge in [-0.05, 0) is 48.9 Å². The van der Waals surface area contributed by atoms with Crippen molar-refractivity contribution in [2.24, 2.45) is 4.99 Å². The summed E-state index contributed by atoms with van der Waals surface area (Å²) in [5, 5.41) is 6.41. The molecule has 6 heteroatoms. The van der Waals surface area contributed by atoms with E-state index in [-0.39, 0.29) is 12.5 Å². The lowest BCUT2D eigenvalue weighted by atomic mass is 10.0. The number of hydrogen-bond acceptors (Lipinski definition) is 3. The second kappa shape index (κ2) is 10.8. The van der Waals surface area contributed by atoms with Crippen molar-refractivity contribution < 1.29 is 9.53 Å². The average molecular weight is 433 g/mol. The first-order valence-corrected chi connectivity index (χ1v) is 11.4. The van der Waals surface area contributed by atoms with Crippen LogP contribution in [0.2, 0.25) is 0 Å². The van der Waals surface area contributed by atoms with Gasteiger partial charge in [0.25, 0.3) is 5.91 Å².